The van der Waals surface area contributed by atoms with Gasteiger partial charge < -0.3 is 14.6 Å². The fourth-order valence-electron chi connectivity index (χ4n) is 2.68. The molecule has 3 rings (SSSR count). The van der Waals surface area contributed by atoms with E-state index in [1.165, 1.54) is 18.3 Å². The maximum atomic E-state index is 13.1. The highest BCUT2D eigenvalue weighted by Crippen LogP contribution is 2.26. The highest BCUT2D eigenvalue weighted by molar-refractivity contribution is 7.93. The summed E-state index contributed by atoms with van der Waals surface area (Å²) in [6.45, 7) is 1.63. The molecule has 0 fully saturated rings. The Hall–Kier alpha value is -2.95. The van der Waals surface area contributed by atoms with E-state index in [0.717, 1.165) is 15.6 Å². The van der Waals surface area contributed by atoms with Crippen molar-refractivity contribution in [3.05, 3.63) is 71.7 Å². The standard InChI is InChI=1S/C21H22N2O6S2/c1-2-28-20(25)16-8-10-18(11-9-16)29-15-17(24)14-23(21-22-12-13-30-21)31(26,27)19-6-4-3-5-7-19/h3-13,17,24H,2,14-15H2,1H3. The minimum Gasteiger partial charge on any atom is -0.491 e. The zero-order chi connectivity index (χ0) is 22.3. The van der Waals surface area contributed by atoms with Crippen LogP contribution >= 0.6 is 11.3 Å². The van der Waals surface area contributed by atoms with Gasteiger partial charge in [0.15, 0.2) is 5.13 Å². The average Bonchev–Trinajstić information content (AvgIpc) is 3.31. The number of sulfonamides is 1. The molecule has 1 atom stereocenters. The second-order valence-corrected chi connectivity index (χ2v) is 9.11. The van der Waals surface area contributed by atoms with Crippen molar-refractivity contribution in [2.75, 3.05) is 24.1 Å². The molecule has 31 heavy (non-hydrogen) atoms. The van der Waals surface area contributed by atoms with E-state index in [1.807, 2.05) is 0 Å². The predicted molar refractivity (Wildman–Crippen MR) is 117 cm³/mol. The molecule has 0 radical (unpaired) electrons. The Kier molecular flexibility index (Phi) is 7.61. The first-order valence-electron chi connectivity index (χ1n) is 9.47. The average molecular weight is 463 g/mol. The molecule has 164 valence electrons. The number of carbonyl (C=O) groups excluding carboxylic acids is 1. The summed E-state index contributed by atoms with van der Waals surface area (Å²) in [5, 5.41) is 12.4. The summed E-state index contributed by atoms with van der Waals surface area (Å²) in [5.74, 6) is -0.00175. The van der Waals surface area contributed by atoms with Crippen LogP contribution in [0.4, 0.5) is 5.13 Å². The van der Waals surface area contributed by atoms with Crippen molar-refractivity contribution in [1.29, 1.82) is 0 Å². The van der Waals surface area contributed by atoms with Gasteiger partial charge in [0.2, 0.25) is 0 Å². The highest BCUT2D eigenvalue weighted by Gasteiger charge is 2.29. The van der Waals surface area contributed by atoms with Gasteiger partial charge in [-0.2, -0.15) is 0 Å². The van der Waals surface area contributed by atoms with Gasteiger partial charge in [-0.05, 0) is 43.3 Å². The van der Waals surface area contributed by atoms with Crippen LogP contribution in [0.2, 0.25) is 0 Å². The maximum absolute atomic E-state index is 13.1. The number of anilines is 1. The van der Waals surface area contributed by atoms with Gasteiger partial charge in [0.25, 0.3) is 10.0 Å². The molecule has 1 heterocycles. The van der Waals surface area contributed by atoms with Crippen LogP contribution in [0.5, 0.6) is 5.75 Å². The maximum Gasteiger partial charge on any atom is 0.338 e. The van der Waals surface area contributed by atoms with Crippen molar-refractivity contribution in [3.8, 4) is 5.75 Å². The first kappa shape index (κ1) is 22.7. The molecular formula is C21H22N2O6S2. The zero-order valence-corrected chi connectivity index (χ0v) is 18.4. The van der Waals surface area contributed by atoms with Gasteiger partial charge in [-0.3, -0.25) is 0 Å². The van der Waals surface area contributed by atoms with Crippen LogP contribution in [0.15, 0.2) is 71.1 Å². The van der Waals surface area contributed by atoms with Crippen molar-refractivity contribution >= 4 is 32.5 Å². The van der Waals surface area contributed by atoms with Crippen molar-refractivity contribution in [3.63, 3.8) is 0 Å². The number of nitrogens with zero attached hydrogens (tertiary/aromatic N) is 2. The number of hydrogen-bond acceptors (Lipinski definition) is 8. The molecule has 0 saturated carbocycles. The summed E-state index contributed by atoms with van der Waals surface area (Å²) in [6.07, 6.45) is 0.383. The third-order valence-electron chi connectivity index (χ3n) is 4.15. The fourth-order valence-corrected chi connectivity index (χ4v) is 5.03. The van der Waals surface area contributed by atoms with E-state index < -0.39 is 22.1 Å². The summed E-state index contributed by atoms with van der Waals surface area (Å²) < 4.78 is 37.7. The first-order chi connectivity index (χ1) is 14.9. The molecular weight excluding hydrogens is 440 g/mol. The van der Waals surface area contributed by atoms with Crippen LogP contribution in [-0.2, 0) is 14.8 Å². The highest BCUT2D eigenvalue weighted by atomic mass is 32.2. The molecule has 0 spiro atoms. The van der Waals surface area contributed by atoms with Gasteiger partial charge >= 0.3 is 5.97 Å². The minimum absolute atomic E-state index is 0.105. The summed E-state index contributed by atoms with van der Waals surface area (Å²) in [5.41, 5.74) is 0.388. The SMILES string of the molecule is CCOC(=O)c1ccc(OCC(O)CN(c2nccs2)S(=O)(=O)c2ccccc2)cc1. The number of aromatic nitrogens is 1. The number of ether oxygens (including phenoxy) is 2. The Morgan fingerprint density at radius 3 is 2.48 bits per heavy atom. The van der Waals surface area contributed by atoms with Crippen molar-refractivity contribution in [2.45, 2.75) is 17.9 Å². The Bertz CT molecular complexity index is 1070. The number of aliphatic hydroxyl groups excluding tert-OH is 1. The van der Waals surface area contributed by atoms with Crippen molar-refractivity contribution in [1.82, 2.24) is 4.98 Å². The van der Waals surface area contributed by atoms with E-state index in [9.17, 15) is 18.3 Å². The molecule has 3 aromatic rings. The van der Waals surface area contributed by atoms with Crippen LogP contribution < -0.4 is 9.04 Å². The van der Waals surface area contributed by atoms with Crippen LogP contribution in [0.25, 0.3) is 0 Å². The van der Waals surface area contributed by atoms with Crippen LogP contribution in [0, 0.1) is 0 Å². The van der Waals surface area contributed by atoms with Crippen LogP contribution in [-0.4, -0.2) is 50.3 Å². The number of hydrogen-bond donors (Lipinski definition) is 1. The lowest BCUT2D eigenvalue weighted by Gasteiger charge is -2.24. The van der Waals surface area contributed by atoms with Crippen LogP contribution in [0.3, 0.4) is 0 Å². The number of carbonyl (C=O) groups is 1. The lowest BCUT2D eigenvalue weighted by atomic mass is 10.2. The van der Waals surface area contributed by atoms with Gasteiger partial charge in [-0.1, -0.05) is 18.2 Å². The van der Waals surface area contributed by atoms with E-state index in [0.29, 0.717) is 11.3 Å². The molecule has 0 amide bonds. The Labute approximate surface area is 184 Å². The van der Waals surface area contributed by atoms with Gasteiger partial charge in [-0.25, -0.2) is 22.5 Å². The monoisotopic (exact) mass is 462 g/mol. The molecule has 0 aliphatic rings. The summed E-state index contributed by atoms with van der Waals surface area (Å²) >= 11 is 1.16. The Balaban J connectivity index is 1.68. The zero-order valence-electron chi connectivity index (χ0n) is 16.7. The smallest absolute Gasteiger partial charge is 0.338 e. The third kappa shape index (κ3) is 5.81. The third-order valence-corrected chi connectivity index (χ3v) is 6.83. The lowest BCUT2D eigenvalue weighted by molar-refractivity contribution is 0.0526. The summed E-state index contributed by atoms with van der Waals surface area (Å²) in [4.78, 5) is 15.9. The normalized spacial score (nSPS) is 12.2. The molecule has 0 aliphatic heterocycles. The van der Waals surface area contributed by atoms with Gasteiger partial charge in [0.05, 0.1) is 23.6 Å². The van der Waals surface area contributed by atoms with Gasteiger partial charge in [-0.15, -0.1) is 11.3 Å². The molecule has 10 heteroatoms. The molecule has 8 nitrogen and oxygen atoms in total. The van der Waals surface area contributed by atoms with Gasteiger partial charge in [0, 0.05) is 11.6 Å². The lowest BCUT2D eigenvalue weighted by Crippen LogP contribution is -2.39. The van der Waals surface area contributed by atoms with Crippen LogP contribution in [0.1, 0.15) is 17.3 Å². The molecule has 0 aliphatic carbocycles. The number of aliphatic hydroxyl groups is 1. The number of thiazole rings is 1. The predicted octanol–water partition coefficient (Wildman–Crippen LogP) is 2.96. The minimum atomic E-state index is -3.91. The second kappa shape index (κ2) is 10.4. The Morgan fingerprint density at radius 1 is 1.16 bits per heavy atom. The number of rotatable bonds is 10. The molecule has 0 bridgehead atoms. The van der Waals surface area contributed by atoms with E-state index in [-0.39, 0.29) is 29.8 Å². The molecule has 1 aromatic heterocycles. The van der Waals surface area contributed by atoms with E-state index in [2.05, 4.69) is 4.98 Å². The summed E-state index contributed by atoms with van der Waals surface area (Å²) in [6, 6.07) is 14.2. The topological polar surface area (TPSA) is 106 Å². The van der Waals surface area contributed by atoms with E-state index >= 15 is 0 Å². The van der Waals surface area contributed by atoms with Gasteiger partial charge in [0.1, 0.15) is 18.5 Å². The van der Waals surface area contributed by atoms with Crippen molar-refractivity contribution < 1.29 is 27.8 Å². The van der Waals surface area contributed by atoms with E-state index in [1.54, 1.807) is 54.8 Å². The quantitative estimate of drug-likeness (QED) is 0.462. The molecule has 1 N–H and O–H groups in total. The second-order valence-electron chi connectivity index (χ2n) is 6.37. The van der Waals surface area contributed by atoms with E-state index in [4.69, 9.17) is 9.47 Å². The molecule has 2 aromatic carbocycles. The Morgan fingerprint density at radius 2 is 1.87 bits per heavy atom. The largest absolute Gasteiger partial charge is 0.491 e. The molecule has 1 unspecified atom stereocenters. The number of benzene rings is 2. The fraction of sp³-hybridized carbons (Fsp3) is 0.238. The van der Waals surface area contributed by atoms with Crippen molar-refractivity contribution in [2.24, 2.45) is 0 Å². The number of esters is 1. The first-order valence-corrected chi connectivity index (χ1v) is 11.8. The molecule has 0 saturated heterocycles. The summed E-state index contributed by atoms with van der Waals surface area (Å²) in [7, 11) is -3.91.